The minimum atomic E-state index is -2.05. The number of hydrogen-bond donors (Lipinski definition) is 7. The SMILES string of the molecule is CC[C@@]1(O)C(=O)OCc2c1cc1n(c2=O)Cc2c-1nc1cc(F)c(C)c3c1c2[C@@H](NC(=O)COCNC(=O)CNC(=O)C(Cc1ccccc1)NC(=O)CNC(=O)CNC(=O)CCCCCN1C(=O)CC(C)C1=O)CC3. The van der Waals surface area contributed by atoms with Crippen LogP contribution in [-0.4, -0.2) is 118 Å². The molecule has 4 aromatic rings. The molecule has 7 N–H and O–H groups in total. The Balaban J connectivity index is 0.800. The van der Waals surface area contributed by atoms with Gasteiger partial charge in [-0.15, -0.1) is 0 Å². The molecule has 0 saturated carbocycles. The molecule has 22 nitrogen and oxygen atoms in total. The number of imide groups is 1. The second kappa shape index (κ2) is 23.3. The van der Waals surface area contributed by atoms with Crippen molar-refractivity contribution in [3.8, 4) is 11.4 Å². The van der Waals surface area contributed by atoms with Crippen LogP contribution in [0.25, 0.3) is 22.3 Å². The second-order valence-electron chi connectivity index (χ2n) is 19.4. The van der Waals surface area contributed by atoms with E-state index >= 15 is 4.39 Å². The number of nitrogens with zero attached hydrogens (tertiary/aromatic N) is 3. The summed E-state index contributed by atoms with van der Waals surface area (Å²) in [4.78, 5) is 134. The van der Waals surface area contributed by atoms with Crippen molar-refractivity contribution in [2.24, 2.45) is 5.92 Å². The Hall–Kier alpha value is -7.92. The van der Waals surface area contributed by atoms with E-state index in [-0.39, 0.29) is 67.7 Å². The molecule has 3 aliphatic heterocycles. The molecule has 8 rings (SSSR count). The predicted molar refractivity (Wildman–Crippen MR) is 267 cm³/mol. The van der Waals surface area contributed by atoms with Gasteiger partial charge < -0.3 is 51.0 Å². The monoisotopic (exact) mass is 1050 g/mol. The van der Waals surface area contributed by atoms with Gasteiger partial charge >= 0.3 is 5.97 Å². The summed E-state index contributed by atoms with van der Waals surface area (Å²) in [7, 11) is 0. The molecule has 4 atom stereocenters. The van der Waals surface area contributed by atoms with Gasteiger partial charge in [0.15, 0.2) is 5.60 Å². The van der Waals surface area contributed by atoms with Crippen molar-refractivity contribution in [3.63, 3.8) is 0 Å². The standard InChI is InChI=1S/C53H60FN9O13/c1-4-53(74)34-19-39-48-32(24-63(39)51(72)33(34)25-76-52(53)73)47-36(15-14-31-29(3)35(54)20-37(61-48)46(31)47)59-44(68)26-75-27-58-42(66)22-57-49(70)38(18-30-11-7-5-8-12-30)60-43(67)23-56-41(65)21-55-40(64)13-9-6-10-16-62-45(69)17-28(2)50(62)71/h5,7-8,11-12,19-20,28,36,38,74H,4,6,9-10,13-18,21-27H2,1-3H3,(H,55,64)(H,56,65)(H,57,70)(H,58,66)(H,59,68)(H,60,67)/t28?,36-,38?,53-/m0/s1. The number of pyridine rings is 2. The Kier molecular flexibility index (Phi) is 16.7. The average molecular weight is 1050 g/mol. The van der Waals surface area contributed by atoms with Crippen LogP contribution in [0.4, 0.5) is 4.39 Å². The van der Waals surface area contributed by atoms with Crippen LogP contribution in [0, 0.1) is 18.7 Å². The highest BCUT2D eigenvalue weighted by molar-refractivity contribution is 6.03. The van der Waals surface area contributed by atoms with Crippen LogP contribution in [0.15, 0.2) is 47.3 Å². The zero-order valence-corrected chi connectivity index (χ0v) is 42.4. The number of aliphatic hydroxyl groups is 1. The lowest BCUT2D eigenvalue weighted by molar-refractivity contribution is -0.172. The number of ether oxygens (including phenoxy) is 2. The van der Waals surface area contributed by atoms with Gasteiger partial charge in [0.25, 0.3) is 5.56 Å². The van der Waals surface area contributed by atoms with Crippen LogP contribution in [0.1, 0.15) is 104 Å². The van der Waals surface area contributed by atoms with Gasteiger partial charge in [-0.25, -0.2) is 14.2 Å². The average Bonchev–Trinajstić information content (AvgIpc) is 3.97. The van der Waals surface area contributed by atoms with Crippen molar-refractivity contribution in [3.05, 3.63) is 97.6 Å². The number of cyclic esters (lactones) is 1. The van der Waals surface area contributed by atoms with E-state index in [2.05, 4.69) is 31.9 Å². The molecule has 402 valence electrons. The highest BCUT2D eigenvalue weighted by atomic mass is 19.1. The molecule has 1 fully saturated rings. The zero-order chi connectivity index (χ0) is 54.4. The third-order valence-electron chi connectivity index (χ3n) is 14.3. The molecule has 4 aliphatic rings. The lowest BCUT2D eigenvalue weighted by atomic mass is 9.81. The highest BCUT2D eigenvalue weighted by Crippen LogP contribution is 2.46. The maximum Gasteiger partial charge on any atom is 0.343 e. The summed E-state index contributed by atoms with van der Waals surface area (Å²) in [5.41, 5.74) is 1.85. The summed E-state index contributed by atoms with van der Waals surface area (Å²) in [6, 6.07) is 9.84. The van der Waals surface area contributed by atoms with Gasteiger partial charge in [-0.1, -0.05) is 50.6 Å². The summed E-state index contributed by atoms with van der Waals surface area (Å²) in [5, 5.41) is 27.4. The quantitative estimate of drug-likeness (QED) is 0.0218. The molecule has 1 saturated heterocycles. The maximum absolute atomic E-state index is 15.4. The van der Waals surface area contributed by atoms with Crippen LogP contribution in [-0.2, 0) is 84.2 Å². The Bertz CT molecular complexity index is 3090. The number of fused-ring (bicyclic) bond motifs is 5. The molecule has 23 heteroatoms. The first-order chi connectivity index (χ1) is 36.4. The minimum absolute atomic E-state index is 0.0388. The van der Waals surface area contributed by atoms with E-state index in [1.165, 1.54) is 15.5 Å². The van der Waals surface area contributed by atoms with Crippen LogP contribution in [0.3, 0.4) is 0 Å². The number of carbonyl (C=O) groups is 9. The van der Waals surface area contributed by atoms with E-state index < -0.39 is 103 Å². The molecular weight excluding hydrogens is 990 g/mol. The van der Waals surface area contributed by atoms with Gasteiger partial charge in [-0.3, -0.25) is 48.1 Å². The van der Waals surface area contributed by atoms with E-state index in [1.54, 1.807) is 57.2 Å². The van der Waals surface area contributed by atoms with Crippen LogP contribution < -0.4 is 37.5 Å². The Morgan fingerprint density at radius 3 is 2.36 bits per heavy atom. The zero-order valence-electron chi connectivity index (χ0n) is 42.4. The number of nitrogens with one attached hydrogen (secondary N) is 6. The third-order valence-corrected chi connectivity index (χ3v) is 14.3. The van der Waals surface area contributed by atoms with Crippen LogP contribution in [0.2, 0.25) is 0 Å². The van der Waals surface area contributed by atoms with Crippen LogP contribution >= 0.6 is 0 Å². The molecule has 76 heavy (non-hydrogen) atoms. The number of esters is 1. The molecule has 1 aliphatic carbocycles. The van der Waals surface area contributed by atoms with Gasteiger partial charge in [0, 0.05) is 54.3 Å². The van der Waals surface area contributed by atoms with E-state index in [1.807, 2.05) is 0 Å². The normalized spacial score (nSPS) is 18.5. The highest BCUT2D eigenvalue weighted by Gasteiger charge is 2.46. The number of carbonyl (C=O) groups excluding carboxylic acids is 9. The van der Waals surface area contributed by atoms with E-state index in [0.29, 0.717) is 83.2 Å². The molecule has 0 spiro atoms. The lowest BCUT2D eigenvalue weighted by Crippen LogP contribution is -2.52. The smallest absolute Gasteiger partial charge is 0.343 e. The van der Waals surface area contributed by atoms with E-state index in [0.717, 1.165) is 5.56 Å². The van der Waals surface area contributed by atoms with Gasteiger partial charge in [0.05, 0.1) is 54.7 Å². The fourth-order valence-electron chi connectivity index (χ4n) is 10.2. The summed E-state index contributed by atoms with van der Waals surface area (Å²) < 4.78 is 27.5. The number of amides is 8. The minimum Gasteiger partial charge on any atom is -0.458 e. The molecule has 2 aromatic heterocycles. The van der Waals surface area contributed by atoms with Crippen LogP contribution in [0.5, 0.6) is 0 Å². The van der Waals surface area contributed by atoms with Crippen molar-refractivity contribution in [2.75, 3.05) is 39.5 Å². The van der Waals surface area contributed by atoms with Gasteiger partial charge in [-0.05, 0) is 67.3 Å². The number of unbranched alkanes of at least 4 members (excludes halogenated alkanes) is 2. The molecule has 0 radical (unpaired) electrons. The largest absolute Gasteiger partial charge is 0.458 e. The van der Waals surface area contributed by atoms with Crippen molar-refractivity contribution in [2.45, 2.75) is 109 Å². The Morgan fingerprint density at radius 2 is 1.62 bits per heavy atom. The van der Waals surface area contributed by atoms with Crippen molar-refractivity contribution in [1.29, 1.82) is 0 Å². The molecular formula is C53H60FN9O13. The fraction of sp³-hybridized carbons (Fsp3) is 0.453. The Labute approximate surface area is 435 Å². The molecule has 2 aromatic carbocycles. The second-order valence-corrected chi connectivity index (χ2v) is 19.4. The number of aromatic nitrogens is 2. The van der Waals surface area contributed by atoms with Crippen molar-refractivity contribution >= 4 is 64.1 Å². The number of likely N-dealkylation sites (tertiary alicyclic amines) is 1. The van der Waals surface area contributed by atoms with Gasteiger partial charge in [-0.2, -0.15) is 0 Å². The molecule has 0 bridgehead atoms. The summed E-state index contributed by atoms with van der Waals surface area (Å²) >= 11 is 0. The topological polar surface area (TPSA) is 303 Å². The van der Waals surface area contributed by atoms with E-state index in [9.17, 15) is 53.1 Å². The maximum atomic E-state index is 15.4. The van der Waals surface area contributed by atoms with Gasteiger partial charge in [0.1, 0.15) is 31.8 Å². The third kappa shape index (κ3) is 11.6. The number of hydrogen-bond acceptors (Lipinski definition) is 14. The summed E-state index contributed by atoms with van der Waals surface area (Å²) in [6.45, 7) is 2.66. The Morgan fingerprint density at radius 1 is 0.895 bits per heavy atom. The van der Waals surface area contributed by atoms with E-state index in [4.69, 9.17) is 14.5 Å². The fourth-order valence-corrected chi connectivity index (χ4v) is 10.2. The van der Waals surface area contributed by atoms with Crippen molar-refractivity contribution < 1.29 is 62.1 Å². The predicted octanol–water partition coefficient (Wildman–Crippen LogP) is 0.752. The first-order valence-corrected chi connectivity index (χ1v) is 25.3. The first-order valence-electron chi connectivity index (χ1n) is 25.3. The number of benzene rings is 2. The summed E-state index contributed by atoms with van der Waals surface area (Å²) in [5.74, 6) is -5.72. The molecule has 8 amide bonds. The number of rotatable bonds is 22. The first kappa shape index (κ1) is 54.3. The number of aryl methyl sites for hydroxylation is 1. The lowest BCUT2D eigenvalue weighted by Gasteiger charge is -2.31. The van der Waals surface area contributed by atoms with Gasteiger partial charge in [0.2, 0.25) is 47.3 Å². The number of halogens is 1. The molecule has 5 heterocycles. The molecule has 2 unspecified atom stereocenters. The summed E-state index contributed by atoms with van der Waals surface area (Å²) in [6.07, 6.45) is 2.70. The van der Waals surface area contributed by atoms with Crippen molar-refractivity contribution in [1.82, 2.24) is 46.4 Å².